The Morgan fingerprint density at radius 3 is 2.81 bits per heavy atom. The van der Waals surface area contributed by atoms with Gasteiger partial charge in [-0.05, 0) is 37.0 Å². The van der Waals surface area contributed by atoms with Gasteiger partial charge < -0.3 is 19.7 Å². The van der Waals surface area contributed by atoms with Crippen LogP contribution >= 0.6 is 11.8 Å². The first-order valence-corrected chi connectivity index (χ1v) is 11.8. The molecule has 1 unspecified atom stereocenters. The summed E-state index contributed by atoms with van der Waals surface area (Å²) < 4.78 is 10.8. The van der Waals surface area contributed by atoms with Crippen molar-refractivity contribution in [2.75, 3.05) is 38.8 Å². The predicted octanol–water partition coefficient (Wildman–Crippen LogP) is 3.67. The Kier molecular flexibility index (Phi) is 9.12. The van der Waals surface area contributed by atoms with Crippen LogP contribution in [-0.4, -0.2) is 55.8 Å². The maximum atomic E-state index is 12.3. The summed E-state index contributed by atoms with van der Waals surface area (Å²) >= 11 is 1.58. The minimum absolute atomic E-state index is 0.0612. The van der Waals surface area contributed by atoms with Crippen LogP contribution in [0.2, 0.25) is 0 Å². The largest absolute Gasteiger partial charge is 0.378 e. The zero-order valence-electron chi connectivity index (χ0n) is 18.6. The standard InChI is InChI=1S/C23H32N4O3S/c1-4-11-27(2)21-13-19(15-29-3)25-23(26-21)31-16-17-7-9-18(10-8-17)22(28)24-14-20-6-5-12-30-20/h7-10,13,20H,4-6,11-12,14-16H2,1-3H3,(H,24,28). The Bertz CT molecular complexity index is 841. The fourth-order valence-electron chi connectivity index (χ4n) is 3.41. The van der Waals surface area contributed by atoms with E-state index in [1.54, 1.807) is 18.9 Å². The summed E-state index contributed by atoms with van der Waals surface area (Å²) in [6.07, 6.45) is 3.28. The Morgan fingerprint density at radius 1 is 1.32 bits per heavy atom. The minimum atomic E-state index is -0.0612. The molecular formula is C23H32N4O3S. The Labute approximate surface area is 188 Å². The number of hydrogen-bond acceptors (Lipinski definition) is 7. The second kappa shape index (κ2) is 12.0. The van der Waals surface area contributed by atoms with Gasteiger partial charge in [0.05, 0.1) is 18.4 Å². The Balaban J connectivity index is 1.58. The molecule has 31 heavy (non-hydrogen) atoms. The van der Waals surface area contributed by atoms with Gasteiger partial charge in [0, 0.05) is 51.2 Å². The summed E-state index contributed by atoms with van der Waals surface area (Å²) in [4.78, 5) is 23.8. The summed E-state index contributed by atoms with van der Waals surface area (Å²) in [5, 5.41) is 3.69. The number of ether oxygens (including phenoxy) is 2. The molecule has 168 valence electrons. The molecule has 2 heterocycles. The number of carbonyl (C=O) groups is 1. The lowest BCUT2D eigenvalue weighted by Gasteiger charge is -2.18. The van der Waals surface area contributed by atoms with Crippen LogP contribution in [0.1, 0.15) is 47.8 Å². The van der Waals surface area contributed by atoms with Crippen LogP contribution in [0.5, 0.6) is 0 Å². The molecule has 3 rings (SSSR count). The monoisotopic (exact) mass is 444 g/mol. The van der Waals surface area contributed by atoms with Crippen molar-refractivity contribution in [3.8, 4) is 0 Å². The molecule has 1 N–H and O–H groups in total. The van der Waals surface area contributed by atoms with Gasteiger partial charge in [-0.15, -0.1) is 0 Å². The second-order valence-corrected chi connectivity index (χ2v) is 8.63. The van der Waals surface area contributed by atoms with Crippen molar-refractivity contribution in [3.63, 3.8) is 0 Å². The van der Waals surface area contributed by atoms with Gasteiger partial charge in [0.15, 0.2) is 5.16 Å². The van der Waals surface area contributed by atoms with E-state index >= 15 is 0 Å². The van der Waals surface area contributed by atoms with Crippen LogP contribution in [0.25, 0.3) is 0 Å². The summed E-state index contributed by atoms with van der Waals surface area (Å²) in [7, 11) is 3.71. The third kappa shape index (κ3) is 7.19. The van der Waals surface area contributed by atoms with Crippen LogP contribution in [-0.2, 0) is 21.8 Å². The maximum absolute atomic E-state index is 12.3. The number of aromatic nitrogens is 2. The van der Waals surface area contributed by atoms with Crippen LogP contribution in [0, 0.1) is 0 Å². The number of nitrogens with one attached hydrogen (secondary N) is 1. The fourth-order valence-corrected chi connectivity index (χ4v) is 4.23. The van der Waals surface area contributed by atoms with Gasteiger partial charge >= 0.3 is 0 Å². The molecule has 2 aromatic rings. The first kappa shape index (κ1) is 23.5. The molecule has 1 aromatic carbocycles. The average molecular weight is 445 g/mol. The molecule has 1 amide bonds. The number of benzene rings is 1. The number of thioether (sulfide) groups is 1. The average Bonchev–Trinajstić information content (AvgIpc) is 3.30. The highest BCUT2D eigenvalue weighted by Gasteiger charge is 2.16. The first-order chi connectivity index (χ1) is 15.1. The van der Waals surface area contributed by atoms with E-state index in [9.17, 15) is 4.79 Å². The van der Waals surface area contributed by atoms with Crippen molar-refractivity contribution < 1.29 is 14.3 Å². The summed E-state index contributed by atoms with van der Waals surface area (Å²) in [6, 6.07) is 9.67. The lowest BCUT2D eigenvalue weighted by molar-refractivity contribution is 0.0858. The lowest BCUT2D eigenvalue weighted by atomic mass is 10.1. The van der Waals surface area contributed by atoms with E-state index in [1.165, 1.54) is 0 Å². The Morgan fingerprint density at radius 2 is 2.13 bits per heavy atom. The number of hydrogen-bond donors (Lipinski definition) is 1. The van der Waals surface area contributed by atoms with E-state index in [0.29, 0.717) is 18.7 Å². The van der Waals surface area contributed by atoms with Gasteiger partial charge in [-0.3, -0.25) is 4.79 Å². The van der Waals surface area contributed by atoms with Gasteiger partial charge in [0.2, 0.25) is 0 Å². The smallest absolute Gasteiger partial charge is 0.251 e. The molecule has 0 radical (unpaired) electrons. The van der Waals surface area contributed by atoms with E-state index in [4.69, 9.17) is 14.5 Å². The summed E-state index contributed by atoms with van der Waals surface area (Å²) in [5.74, 6) is 1.57. The Hall–Kier alpha value is -2.16. The zero-order valence-corrected chi connectivity index (χ0v) is 19.4. The zero-order chi connectivity index (χ0) is 22.1. The number of anilines is 1. The van der Waals surface area contributed by atoms with Crippen molar-refractivity contribution in [3.05, 3.63) is 47.2 Å². The molecule has 1 atom stereocenters. The van der Waals surface area contributed by atoms with Gasteiger partial charge in [-0.1, -0.05) is 30.8 Å². The SMILES string of the molecule is CCCN(C)c1cc(COC)nc(SCc2ccc(C(=O)NCC3CCCO3)cc2)n1. The van der Waals surface area contributed by atoms with E-state index in [0.717, 1.165) is 60.4 Å². The fraction of sp³-hybridized carbons (Fsp3) is 0.522. The van der Waals surface area contributed by atoms with Gasteiger partial charge in [0.1, 0.15) is 5.82 Å². The maximum Gasteiger partial charge on any atom is 0.251 e. The van der Waals surface area contributed by atoms with Crippen LogP contribution < -0.4 is 10.2 Å². The highest BCUT2D eigenvalue weighted by Crippen LogP contribution is 2.23. The van der Waals surface area contributed by atoms with Gasteiger partial charge in [-0.25, -0.2) is 9.97 Å². The molecule has 1 aromatic heterocycles. The third-order valence-corrected chi connectivity index (χ3v) is 6.00. The van der Waals surface area contributed by atoms with Gasteiger partial charge in [0.25, 0.3) is 5.91 Å². The molecule has 0 saturated carbocycles. The van der Waals surface area contributed by atoms with Crippen molar-refractivity contribution in [2.24, 2.45) is 0 Å². The third-order valence-electron chi connectivity index (χ3n) is 5.09. The van der Waals surface area contributed by atoms with Crippen LogP contribution in [0.15, 0.2) is 35.5 Å². The predicted molar refractivity (Wildman–Crippen MR) is 124 cm³/mol. The highest BCUT2D eigenvalue weighted by atomic mass is 32.2. The van der Waals surface area contributed by atoms with E-state index < -0.39 is 0 Å². The number of amides is 1. The molecule has 0 aliphatic carbocycles. The number of carbonyl (C=O) groups excluding carboxylic acids is 1. The topological polar surface area (TPSA) is 76.6 Å². The summed E-state index contributed by atoms with van der Waals surface area (Å²) in [6.45, 7) is 4.90. The number of nitrogens with zero attached hydrogens (tertiary/aromatic N) is 3. The molecule has 1 fully saturated rings. The molecule has 8 heteroatoms. The van der Waals surface area contributed by atoms with E-state index in [-0.39, 0.29) is 12.0 Å². The molecule has 7 nitrogen and oxygen atoms in total. The highest BCUT2D eigenvalue weighted by molar-refractivity contribution is 7.98. The van der Waals surface area contributed by atoms with Crippen LogP contribution in [0.3, 0.4) is 0 Å². The lowest BCUT2D eigenvalue weighted by Crippen LogP contribution is -2.31. The van der Waals surface area contributed by atoms with Crippen LogP contribution in [0.4, 0.5) is 5.82 Å². The molecule has 1 saturated heterocycles. The van der Waals surface area contributed by atoms with E-state index in [2.05, 4.69) is 22.1 Å². The molecule has 1 aliphatic heterocycles. The van der Waals surface area contributed by atoms with Crippen molar-refractivity contribution in [2.45, 2.75) is 49.8 Å². The van der Waals surface area contributed by atoms with Crippen molar-refractivity contribution in [1.29, 1.82) is 0 Å². The minimum Gasteiger partial charge on any atom is -0.378 e. The molecule has 1 aliphatic rings. The second-order valence-electron chi connectivity index (χ2n) is 7.69. The normalized spacial score (nSPS) is 15.8. The molecular weight excluding hydrogens is 412 g/mol. The first-order valence-electron chi connectivity index (χ1n) is 10.8. The number of rotatable bonds is 11. The van der Waals surface area contributed by atoms with Crippen molar-refractivity contribution >= 4 is 23.5 Å². The summed E-state index contributed by atoms with van der Waals surface area (Å²) in [5.41, 5.74) is 2.65. The molecule has 0 spiro atoms. The number of methoxy groups -OCH3 is 1. The van der Waals surface area contributed by atoms with Crippen molar-refractivity contribution in [1.82, 2.24) is 15.3 Å². The molecule has 0 bridgehead atoms. The van der Waals surface area contributed by atoms with E-state index in [1.807, 2.05) is 37.4 Å². The quantitative estimate of drug-likeness (QED) is 0.419. The van der Waals surface area contributed by atoms with Gasteiger partial charge in [-0.2, -0.15) is 0 Å².